The Morgan fingerprint density at radius 2 is 1.71 bits per heavy atom. The number of fused-ring (bicyclic) bond motifs is 2. The van der Waals surface area contributed by atoms with E-state index in [2.05, 4.69) is 62.5 Å². The number of amides is 2. The molecule has 4 saturated heterocycles. The van der Waals surface area contributed by atoms with Crippen molar-refractivity contribution in [1.29, 1.82) is 0 Å². The fraction of sp³-hybridized carbons (Fsp3) is 0.500. The Labute approximate surface area is 456 Å². The van der Waals surface area contributed by atoms with Crippen molar-refractivity contribution in [3.63, 3.8) is 0 Å². The predicted molar refractivity (Wildman–Crippen MR) is 290 cm³/mol. The number of piperidine rings is 1. The molecule has 4 aliphatic heterocycles. The van der Waals surface area contributed by atoms with Crippen LogP contribution in [0.2, 0.25) is 0 Å². The molecule has 6 aromatic rings. The molecule has 5 aromatic heterocycles. The van der Waals surface area contributed by atoms with Gasteiger partial charge in [-0.1, -0.05) is 26.0 Å². The Morgan fingerprint density at radius 1 is 0.923 bits per heavy atom. The van der Waals surface area contributed by atoms with Gasteiger partial charge in [0.1, 0.15) is 36.1 Å². The first kappa shape index (κ1) is 53.0. The lowest BCUT2D eigenvalue weighted by molar-refractivity contribution is -0.141. The molecule has 0 radical (unpaired) electrons. The Kier molecular flexibility index (Phi) is 15.5. The maximum absolute atomic E-state index is 15.2. The number of ether oxygens (including phenoxy) is 3. The number of halogens is 1. The summed E-state index contributed by atoms with van der Waals surface area (Å²) in [6, 6.07) is 15.2. The van der Waals surface area contributed by atoms with Crippen LogP contribution in [0.1, 0.15) is 94.7 Å². The first-order valence-corrected chi connectivity index (χ1v) is 28.0. The van der Waals surface area contributed by atoms with Crippen LogP contribution in [-0.2, 0) is 14.3 Å². The Hall–Kier alpha value is -7.01. The summed E-state index contributed by atoms with van der Waals surface area (Å²) in [5, 5.41) is 36.7. The quantitative estimate of drug-likeness (QED) is 0.0701. The second-order valence-electron chi connectivity index (χ2n) is 21.7. The van der Waals surface area contributed by atoms with Gasteiger partial charge >= 0.3 is 0 Å². The van der Waals surface area contributed by atoms with E-state index in [0.29, 0.717) is 58.0 Å². The highest BCUT2D eigenvalue weighted by molar-refractivity contribution is 7.13. The molecule has 22 heteroatoms. The van der Waals surface area contributed by atoms with E-state index in [1.165, 1.54) is 28.5 Å². The summed E-state index contributed by atoms with van der Waals surface area (Å²) in [5.41, 5.74) is 12.5. The van der Waals surface area contributed by atoms with E-state index >= 15 is 4.39 Å². The number of anilines is 3. The van der Waals surface area contributed by atoms with Gasteiger partial charge in [0.05, 0.1) is 51.8 Å². The summed E-state index contributed by atoms with van der Waals surface area (Å²) in [6.07, 6.45) is 8.46. The topological polar surface area (TPSA) is 244 Å². The molecular weight excluding hydrogens is 1020 g/mol. The number of para-hydroxylation sites is 1. The number of aryl methyl sites for hydroxylation is 1. The average molecular weight is 1090 g/mol. The van der Waals surface area contributed by atoms with E-state index < -0.39 is 35.8 Å². The van der Waals surface area contributed by atoms with Crippen molar-refractivity contribution in [3.8, 4) is 39.3 Å². The zero-order chi connectivity index (χ0) is 54.2. The monoisotopic (exact) mass is 1090 g/mol. The van der Waals surface area contributed by atoms with Crippen molar-refractivity contribution >= 4 is 40.3 Å². The van der Waals surface area contributed by atoms with Gasteiger partial charge in [-0.15, -0.1) is 21.5 Å². The zero-order valence-electron chi connectivity index (χ0n) is 44.3. The van der Waals surface area contributed by atoms with Gasteiger partial charge in [0.15, 0.2) is 17.4 Å². The first-order chi connectivity index (χ1) is 37.7. The van der Waals surface area contributed by atoms with E-state index in [9.17, 15) is 19.8 Å². The molecule has 5 N–H and O–H groups in total. The number of benzene rings is 1. The summed E-state index contributed by atoms with van der Waals surface area (Å²) in [6.45, 7) is 11.6. The summed E-state index contributed by atoms with van der Waals surface area (Å²) < 4.78 is 39.9. The number of aliphatic hydroxyl groups excluding tert-OH is 1. The molecule has 5 aliphatic rings. The third kappa shape index (κ3) is 11.3. The number of aromatic nitrogens is 6. The lowest BCUT2D eigenvalue weighted by Crippen LogP contribution is -2.54. The summed E-state index contributed by atoms with van der Waals surface area (Å²) in [7, 11) is 0. The van der Waals surface area contributed by atoms with Crippen LogP contribution in [-0.4, -0.2) is 151 Å². The largest absolute Gasteiger partial charge is 0.507 e. The molecule has 1 aromatic carbocycles. The molecule has 1 aliphatic carbocycles. The van der Waals surface area contributed by atoms with Gasteiger partial charge in [0.2, 0.25) is 17.7 Å². The highest BCUT2D eigenvalue weighted by Gasteiger charge is 2.45. The van der Waals surface area contributed by atoms with Gasteiger partial charge in [-0.05, 0) is 86.5 Å². The number of carbonyl (C=O) groups is 2. The number of thiazole rings is 1. The number of nitrogen functional groups attached to an aromatic ring is 1. The third-order valence-electron chi connectivity index (χ3n) is 16.0. The molecule has 78 heavy (non-hydrogen) atoms. The van der Waals surface area contributed by atoms with Crippen LogP contribution < -0.4 is 30.3 Å². The number of likely N-dealkylation sites (tertiary alicyclic amines) is 2. The van der Waals surface area contributed by atoms with E-state index in [1.54, 1.807) is 37.6 Å². The number of aliphatic hydroxyl groups is 1. The van der Waals surface area contributed by atoms with Crippen molar-refractivity contribution < 1.29 is 42.9 Å². The second kappa shape index (κ2) is 22.8. The summed E-state index contributed by atoms with van der Waals surface area (Å²) >= 11 is 1.30. The molecule has 20 nitrogen and oxygen atoms in total. The van der Waals surface area contributed by atoms with E-state index in [0.717, 1.165) is 76.1 Å². The molecule has 2 unspecified atom stereocenters. The van der Waals surface area contributed by atoms with E-state index in [-0.39, 0.29) is 72.5 Å². The molecule has 6 atom stereocenters. The second-order valence-corrected chi connectivity index (χ2v) is 22.6. The van der Waals surface area contributed by atoms with Crippen molar-refractivity contribution in [2.24, 2.45) is 5.92 Å². The predicted octanol–water partition coefficient (Wildman–Crippen LogP) is 6.69. The third-order valence-corrected chi connectivity index (χ3v) is 17.0. The number of aromatic hydroxyl groups is 1. The summed E-state index contributed by atoms with van der Waals surface area (Å²) in [5.74, 6) is -0.625. The number of nitrogens with one attached hydrogen (secondary N) is 1. The fourth-order valence-electron chi connectivity index (χ4n) is 11.8. The molecule has 5 fully saturated rings. The number of piperazine rings is 1. The van der Waals surface area contributed by atoms with Crippen LogP contribution in [0.5, 0.6) is 17.5 Å². The van der Waals surface area contributed by atoms with E-state index in [4.69, 9.17) is 24.5 Å². The van der Waals surface area contributed by atoms with Gasteiger partial charge in [0, 0.05) is 106 Å². The minimum atomic E-state index is -0.947. The molecule has 412 valence electrons. The molecule has 1 saturated carbocycles. The number of rotatable bonds is 18. The van der Waals surface area contributed by atoms with Crippen LogP contribution >= 0.6 is 11.3 Å². The van der Waals surface area contributed by atoms with Gasteiger partial charge in [-0.2, -0.15) is 0 Å². The van der Waals surface area contributed by atoms with Crippen LogP contribution in [0.25, 0.3) is 21.8 Å². The van der Waals surface area contributed by atoms with Gasteiger partial charge in [-0.25, -0.2) is 14.4 Å². The standard InChI is InChI=1S/C56H67FN12O8S/c1-31(2)51(56(73)68-29-38(70)21-46(68)55(72)62-32(3)34-19-43(57)52(60-26-34)53-33(4)61-30-78-53)48-25-50(65-77-48)74-18-17-66-15-12-39(13-16-66)75-40-22-41(23-40)76-49-20-35(11-14-59-49)69-36-9-10-37(69)28-67(27-36)45-24-44(63-64-54(45)58)42-7-5-6-8-47(42)71/h5-8,11,14,19-20,24-26,30-32,36-41,46,51,70-71H,9-10,12-13,15-18,21-23,27-29H2,1-4H3,(H2,58,64)(H,62,72)/t32-,36+,37?,38+,40?,41?,46-,51?/m0/s1. The number of hydrogen-bond donors (Lipinski definition) is 4. The van der Waals surface area contributed by atoms with Crippen molar-refractivity contribution in [2.75, 3.05) is 61.4 Å². The van der Waals surface area contributed by atoms with Crippen LogP contribution in [0.15, 0.2) is 77.0 Å². The smallest absolute Gasteiger partial charge is 0.254 e. The molecule has 2 amide bonds. The average Bonchev–Trinajstić information content (AvgIpc) is 4.35. The van der Waals surface area contributed by atoms with Crippen LogP contribution in [0.4, 0.5) is 21.6 Å². The number of nitrogens with two attached hydrogens (primary N) is 1. The number of carbonyl (C=O) groups excluding carboxylic acids is 2. The number of phenolic OH excluding ortho intramolecular Hbond substituents is 1. The number of nitrogens with zero attached hydrogens (tertiary/aromatic N) is 10. The molecule has 0 spiro atoms. The van der Waals surface area contributed by atoms with Crippen LogP contribution in [0, 0.1) is 18.7 Å². The normalized spacial score (nSPS) is 23.3. The number of phenols is 1. The fourth-order valence-corrected chi connectivity index (χ4v) is 12.6. The Bertz CT molecular complexity index is 3080. The highest BCUT2D eigenvalue weighted by atomic mass is 32.1. The van der Waals surface area contributed by atoms with Crippen LogP contribution in [0.3, 0.4) is 0 Å². The number of hydrogen-bond acceptors (Lipinski definition) is 19. The highest BCUT2D eigenvalue weighted by Crippen LogP contribution is 2.41. The number of pyridine rings is 2. The minimum Gasteiger partial charge on any atom is -0.507 e. The summed E-state index contributed by atoms with van der Waals surface area (Å²) in [4.78, 5) is 50.3. The minimum absolute atomic E-state index is 0.0204. The zero-order valence-corrected chi connectivity index (χ0v) is 45.1. The molecule has 9 heterocycles. The van der Waals surface area contributed by atoms with Crippen molar-refractivity contribution in [3.05, 3.63) is 95.3 Å². The van der Waals surface area contributed by atoms with Gasteiger partial charge < -0.3 is 54.7 Å². The lowest BCUT2D eigenvalue weighted by Gasteiger charge is -2.43. The van der Waals surface area contributed by atoms with Gasteiger partial charge in [-0.3, -0.25) is 19.5 Å². The number of β-amino-alcohol motifs (C(OH)–C–C–N with tert-alkyl or cyclic N) is 1. The molecular formula is C56H67FN12O8S. The molecule has 2 bridgehead atoms. The maximum atomic E-state index is 15.2. The van der Waals surface area contributed by atoms with Crippen molar-refractivity contribution in [2.45, 2.75) is 127 Å². The SMILES string of the molecule is Cc1ncsc1-c1ncc([C@H](C)NC(=O)[C@@H]2C[C@@H](O)CN2C(=O)C(c2cc(OCCN3CCC(OC4CC(Oc5cc(N6C7CC[C@@H]6CN(c6cc(-c8ccccc8O)nnc6N)C7)ccn5)C4)CC3)no2)C(C)C)cc1F. The van der Waals surface area contributed by atoms with Crippen molar-refractivity contribution in [1.82, 2.24) is 45.4 Å². The molecule has 11 rings (SSSR count). The van der Waals surface area contributed by atoms with E-state index in [1.807, 2.05) is 38.2 Å². The van der Waals surface area contributed by atoms with Gasteiger partial charge in [0.25, 0.3) is 5.88 Å². The Balaban J connectivity index is 0.603. The maximum Gasteiger partial charge on any atom is 0.254 e. The Morgan fingerprint density at radius 3 is 2.44 bits per heavy atom. The lowest BCUT2D eigenvalue weighted by atomic mass is 9.91. The first-order valence-electron chi connectivity index (χ1n) is 27.1.